The van der Waals surface area contributed by atoms with E-state index < -0.39 is 0 Å². The van der Waals surface area contributed by atoms with Crippen molar-refractivity contribution in [3.63, 3.8) is 0 Å². The van der Waals surface area contributed by atoms with Crippen molar-refractivity contribution in [1.29, 1.82) is 0 Å². The summed E-state index contributed by atoms with van der Waals surface area (Å²) < 4.78 is 0. The highest BCUT2D eigenvalue weighted by Gasteiger charge is 2.10. The first-order valence-corrected chi connectivity index (χ1v) is 8.61. The maximum atomic E-state index is 12.4. The summed E-state index contributed by atoms with van der Waals surface area (Å²) in [6.07, 6.45) is 7.79. The van der Waals surface area contributed by atoms with Crippen LogP contribution in [0.1, 0.15) is 15.9 Å². The van der Waals surface area contributed by atoms with Gasteiger partial charge in [0.05, 0.1) is 17.4 Å². The molecule has 0 unspecified atom stereocenters. The summed E-state index contributed by atoms with van der Waals surface area (Å²) in [7, 11) is 1.99. The van der Waals surface area contributed by atoms with Crippen molar-refractivity contribution in [1.82, 2.24) is 9.97 Å². The number of nitrogens with one attached hydrogen (secondary N) is 1. The van der Waals surface area contributed by atoms with E-state index in [4.69, 9.17) is 11.6 Å². The topological polar surface area (TPSA) is 58.1 Å². The third kappa shape index (κ3) is 4.80. The van der Waals surface area contributed by atoms with Crippen molar-refractivity contribution >= 4 is 28.9 Å². The van der Waals surface area contributed by atoms with Gasteiger partial charge >= 0.3 is 0 Å². The fourth-order valence-electron chi connectivity index (χ4n) is 2.47. The van der Waals surface area contributed by atoms with Gasteiger partial charge in [-0.2, -0.15) is 0 Å². The van der Waals surface area contributed by atoms with E-state index in [1.165, 1.54) is 5.56 Å². The molecule has 5 nitrogen and oxygen atoms in total. The van der Waals surface area contributed by atoms with Crippen LogP contribution in [0.3, 0.4) is 0 Å². The van der Waals surface area contributed by atoms with Crippen molar-refractivity contribution in [2.75, 3.05) is 23.8 Å². The monoisotopic (exact) mass is 366 g/mol. The minimum absolute atomic E-state index is 0.204. The highest BCUT2D eigenvalue weighted by atomic mass is 35.5. The first kappa shape index (κ1) is 17.9. The zero-order valence-corrected chi connectivity index (χ0v) is 15.1. The number of aromatic nitrogens is 2. The van der Waals surface area contributed by atoms with Crippen molar-refractivity contribution in [2.24, 2.45) is 0 Å². The van der Waals surface area contributed by atoms with Gasteiger partial charge in [0.25, 0.3) is 5.91 Å². The number of halogens is 1. The molecule has 0 aliphatic carbocycles. The average molecular weight is 367 g/mol. The molecule has 0 spiro atoms. The Bertz CT molecular complexity index is 868. The average Bonchev–Trinajstić information content (AvgIpc) is 2.69. The third-order valence-electron chi connectivity index (χ3n) is 4.01. The molecule has 0 saturated heterocycles. The summed E-state index contributed by atoms with van der Waals surface area (Å²) in [5.74, 6) is -0.204. The molecule has 0 bridgehead atoms. The number of likely N-dealkylation sites (N-methyl/N-ethyl adjacent to an activating group) is 1. The van der Waals surface area contributed by atoms with Gasteiger partial charge in [-0.25, -0.2) is 0 Å². The molecule has 26 heavy (non-hydrogen) atoms. The number of nitrogens with zero attached hydrogens (tertiary/aromatic N) is 3. The largest absolute Gasteiger partial charge is 0.373 e. The minimum atomic E-state index is -0.204. The Hall–Kier alpha value is -2.92. The number of carbonyl (C=O) groups excluding carboxylic acids is 1. The predicted molar refractivity (Wildman–Crippen MR) is 105 cm³/mol. The van der Waals surface area contributed by atoms with Crippen molar-refractivity contribution in [2.45, 2.75) is 6.42 Å². The van der Waals surface area contributed by atoms with Gasteiger partial charge in [0.15, 0.2) is 0 Å². The van der Waals surface area contributed by atoms with E-state index in [0.717, 1.165) is 18.7 Å². The van der Waals surface area contributed by atoms with Crippen LogP contribution in [0.2, 0.25) is 5.02 Å². The van der Waals surface area contributed by atoms with E-state index in [-0.39, 0.29) is 5.91 Å². The summed E-state index contributed by atoms with van der Waals surface area (Å²) >= 11 is 5.86. The maximum absolute atomic E-state index is 12.4. The van der Waals surface area contributed by atoms with Gasteiger partial charge in [-0.1, -0.05) is 11.6 Å². The summed E-state index contributed by atoms with van der Waals surface area (Å²) in [5, 5.41) is 3.47. The summed E-state index contributed by atoms with van der Waals surface area (Å²) in [6.45, 7) is 0.813. The van der Waals surface area contributed by atoms with Crippen LogP contribution < -0.4 is 10.2 Å². The smallest absolute Gasteiger partial charge is 0.257 e. The van der Waals surface area contributed by atoms with E-state index in [1.807, 2.05) is 25.2 Å². The van der Waals surface area contributed by atoms with Crippen LogP contribution in [0.25, 0.3) is 0 Å². The second kappa shape index (κ2) is 8.45. The zero-order valence-electron chi connectivity index (χ0n) is 14.4. The Kier molecular flexibility index (Phi) is 5.81. The molecule has 0 aliphatic rings. The molecule has 0 atom stereocenters. The SMILES string of the molecule is CN(CCc1ccncc1)c1cncc(C(=O)Nc2ccc(Cl)cc2)c1. The molecule has 1 aromatic carbocycles. The van der Waals surface area contributed by atoms with Crippen LogP contribution in [-0.4, -0.2) is 29.5 Å². The lowest BCUT2D eigenvalue weighted by Gasteiger charge is -2.19. The number of hydrogen-bond acceptors (Lipinski definition) is 4. The molecule has 2 aromatic heterocycles. The molecule has 6 heteroatoms. The van der Waals surface area contributed by atoms with Gasteiger partial charge in [-0.3, -0.25) is 14.8 Å². The van der Waals surface area contributed by atoms with Gasteiger partial charge < -0.3 is 10.2 Å². The van der Waals surface area contributed by atoms with Crippen LogP contribution in [-0.2, 0) is 6.42 Å². The standard InChI is InChI=1S/C20H19ClN4O/c1-25(11-8-15-6-9-22-10-7-15)19-12-16(13-23-14-19)20(26)24-18-4-2-17(21)3-5-18/h2-7,9-10,12-14H,8,11H2,1H3,(H,24,26). The van der Waals surface area contributed by atoms with Crippen LogP contribution in [0.4, 0.5) is 11.4 Å². The van der Waals surface area contributed by atoms with Crippen molar-refractivity contribution < 1.29 is 4.79 Å². The summed E-state index contributed by atoms with van der Waals surface area (Å²) in [5.41, 5.74) is 3.31. The lowest BCUT2D eigenvalue weighted by Crippen LogP contribution is -2.21. The van der Waals surface area contributed by atoms with E-state index in [0.29, 0.717) is 16.3 Å². The Balaban J connectivity index is 1.65. The number of hydrogen-bond donors (Lipinski definition) is 1. The van der Waals surface area contributed by atoms with Crippen LogP contribution in [0, 0.1) is 0 Å². The third-order valence-corrected chi connectivity index (χ3v) is 4.27. The van der Waals surface area contributed by atoms with Crippen LogP contribution in [0.5, 0.6) is 0 Å². The molecule has 3 aromatic rings. The molecule has 0 aliphatic heterocycles. The fourth-order valence-corrected chi connectivity index (χ4v) is 2.60. The van der Waals surface area contributed by atoms with Gasteiger partial charge in [-0.05, 0) is 54.4 Å². The van der Waals surface area contributed by atoms with Gasteiger partial charge in [-0.15, -0.1) is 0 Å². The van der Waals surface area contributed by atoms with Crippen LogP contribution >= 0.6 is 11.6 Å². The maximum Gasteiger partial charge on any atom is 0.257 e. The molecule has 0 radical (unpaired) electrons. The van der Waals surface area contributed by atoms with Crippen LogP contribution in [0.15, 0.2) is 67.3 Å². The predicted octanol–water partition coefficient (Wildman–Crippen LogP) is 4.06. The highest BCUT2D eigenvalue weighted by Crippen LogP contribution is 2.17. The summed E-state index contributed by atoms with van der Waals surface area (Å²) in [4.78, 5) is 22.7. The molecule has 132 valence electrons. The van der Waals surface area contributed by atoms with Gasteiger partial charge in [0.2, 0.25) is 0 Å². The Labute approximate surface area is 157 Å². The lowest BCUT2D eigenvalue weighted by atomic mass is 10.2. The van der Waals surface area contributed by atoms with Crippen molar-refractivity contribution in [3.05, 3.63) is 83.4 Å². The number of anilines is 2. The Morgan fingerprint density at radius 2 is 1.81 bits per heavy atom. The number of rotatable bonds is 6. The lowest BCUT2D eigenvalue weighted by molar-refractivity contribution is 0.102. The Morgan fingerprint density at radius 3 is 2.54 bits per heavy atom. The molecule has 1 amide bonds. The molecule has 0 saturated carbocycles. The Morgan fingerprint density at radius 1 is 1.08 bits per heavy atom. The normalized spacial score (nSPS) is 10.4. The first-order valence-electron chi connectivity index (χ1n) is 8.24. The van der Waals surface area contributed by atoms with Gasteiger partial charge in [0.1, 0.15) is 0 Å². The quantitative estimate of drug-likeness (QED) is 0.714. The molecular weight excluding hydrogens is 348 g/mol. The van der Waals surface area contributed by atoms with Gasteiger partial charge in [0, 0.05) is 42.9 Å². The minimum Gasteiger partial charge on any atom is -0.373 e. The molecular formula is C20H19ClN4O. The number of pyridine rings is 2. The second-order valence-corrected chi connectivity index (χ2v) is 6.36. The zero-order chi connectivity index (χ0) is 18.4. The van der Waals surface area contributed by atoms with E-state index >= 15 is 0 Å². The van der Waals surface area contributed by atoms with E-state index in [9.17, 15) is 4.79 Å². The molecule has 2 heterocycles. The summed E-state index contributed by atoms with van der Waals surface area (Å²) in [6, 6.07) is 12.8. The molecule has 3 rings (SSSR count). The van der Waals surface area contributed by atoms with Crippen molar-refractivity contribution in [3.8, 4) is 0 Å². The number of benzene rings is 1. The highest BCUT2D eigenvalue weighted by molar-refractivity contribution is 6.30. The number of carbonyl (C=O) groups is 1. The second-order valence-electron chi connectivity index (χ2n) is 5.92. The van der Waals surface area contributed by atoms with E-state index in [1.54, 1.807) is 49.1 Å². The fraction of sp³-hybridized carbons (Fsp3) is 0.150. The molecule has 0 fully saturated rings. The molecule has 1 N–H and O–H groups in total. The number of amides is 1. The van der Waals surface area contributed by atoms with E-state index in [2.05, 4.69) is 20.2 Å². The first-order chi connectivity index (χ1) is 12.6.